The van der Waals surface area contributed by atoms with E-state index in [1.165, 1.54) is 27.6 Å². The Morgan fingerprint density at radius 3 is 2.59 bits per heavy atom. The molecule has 154 valence electrons. The van der Waals surface area contributed by atoms with Gasteiger partial charge in [0.15, 0.2) is 0 Å². The lowest BCUT2D eigenvalue weighted by Crippen LogP contribution is -2.46. The van der Waals surface area contributed by atoms with Gasteiger partial charge in [0.1, 0.15) is 5.82 Å². The summed E-state index contributed by atoms with van der Waals surface area (Å²) in [5.41, 5.74) is 2.47. The third-order valence-electron chi connectivity index (χ3n) is 6.10. The zero-order chi connectivity index (χ0) is 20.6. The number of hydrogen-bond donors (Lipinski definition) is 0. The van der Waals surface area contributed by atoms with Crippen molar-refractivity contribution in [2.24, 2.45) is 5.92 Å². The van der Waals surface area contributed by atoms with Crippen LogP contribution >= 0.6 is 0 Å². The highest BCUT2D eigenvalue weighted by atomic mass is 32.2. The van der Waals surface area contributed by atoms with Crippen LogP contribution in [-0.4, -0.2) is 43.7 Å². The Bertz CT molecular complexity index is 1010. The average Bonchev–Trinajstić information content (AvgIpc) is 3.17. The summed E-state index contributed by atoms with van der Waals surface area (Å²) in [7, 11) is -1.92. The van der Waals surface area contributed by atoms with Gasteiger partial charge in [0.05, 0.1) is 16.9 Å². The standard InChI is InChI=1S/C22H25FN2O3S/c1-24(21-13-8-16-5-2-3-7-20(16)21)22(26)17-6-4-14-25(15-17)29(27,28)19-11-9-18(23)10-12-19/h2-3,5,7,9-12,17,21H,4,6,8,13-15H2,1H3. The van der Waals surface area contributed by atoms with Crippen LogP contribution in [0.4, 0.5) is 4.39 Å². The van der Waals surface area contributed by atoms with Gasteiger partial charge in [-0.1, -0.05) is 24.3 Å². The highest BCUT2D eigenvalue weighted by Gasteiger charge is 2.37. The van der Waals surface area contributed by atoms with Crippen LogP contribution in [0.3, 0.4) is 0 Å². The van der Waals surface area contributed by atoms with Gasteiger partial charge in [-0.05, 0) is 61.1 Å². The van der Waals surface area contributed by atoms with Crippen molar-refractivity contribution in [2.75, 3.05) is 20.1 Å². The summed E-state index contributed by atoms with van der Waals surface area (Å²) in [6.07, 6.45) is 3.15. The minimum absolute atomic E-state index is 0.00860. The Balaban J connectivity index is 1.49. The van der Waals surface area contributed by atoms with Gasteiger partial charge in [0.25, 0.3) is 0 Å². The van der Waals surface area contributed by atoms with Crippen LogP contribution in [0.15, 0.2) is 53.4 Å². The van der Waals surface area contributed by atoms with Crippen molar-refractivity contribution in [3.05, 3.63) is 65.5 Å². The van der Waals surface area contributed by atoms with Crippen LogP contribution in [0.1, 0.15) is 36.4 Å². The molecule has 1 heterocycles. The first-order chi connectivity index (χ1) is 13.9. The highest BCUT2D eigenvalue weighted by Crippen LogP contribution is 2.36. The maximum absolute atomic E-state index is 13.2. The van der Waals surface area contributed by atoms with Crippen LogP contribution in [-0.2, 0) is 21.2 Å². The second-order valence-electron chi connectivity index (χ2n) is 7.86. The van der Waals surface area contributed by atoms with E-state index < -0.39 is 15.8 Å². The molecule has 5 nitrogen and oxygen atoms in total. The number of fused-ring (bicyclic) bond motifs is 1. The largest absolute Gasteiger partial charge is 0.338 e. The lowest BCUT2D eigenvalue weighted by molar-refractivity contribution is -0.137. The van der Waals surface area contributed by atoms with Crippen LogP contribution < -0.4 is 0 Å². The predicted octanol–water partition coefficient (Wildman–Crippen LogP) is 3.37. The maximum Gasteiger partial charge on any atom is 0.243 e. The van der Waals surface area contributed by atoms with E-state index in [-0.39, 0.29) is 29.3 Å². The van der Waals surface area contributed by atoms with Gasteiger partial charge in [-0.2, -0.15) is 4.31 Å². The molecule has 0 bridgehead atoms. The molecule has 1 aliphatic heterocycles. The van der Waals surface area contributed by atoms with Gasteiger partial charge in [-0.15, -0.1) is 0 Å². The molecule has 2 atom stereocenters. The first kappa shape index (κ1) is 20.0. The molecule has 2 aromatic rings. The first-order valence-corrected chi connectivity index (χ1v) is 11.4. The SMILES string of the molecule is CN(C(=O)C1CCCN(S(=O)(=O)c2ccc(F)cc2)C1)C1CCc2ccccc21. The van der Waals surface area contributed by atoms with Crippen molar-refractivity contribution in [1.82, 2.24) is 9.21 Å². The maximum atomic E-state index is 13.2. The summed E-state index contributed by atoms with van der Waals surface area (Å²) in [5.74, 6) is -0.850. The molecule has 0 saturated carbocycles. The molecule has 2 aliphatic rings. The second-order valence-corrected chi connectivity index (χ2v) is 9.80. The van der Waals surface area contributed by atoms with Gasteiger partial charge in [-0.3, -0.25) is 4.79 Å². The average molecular weight is 417 g/mol. The summed E-state index contributed by atoms with van der Waals surface area (Å²) >= 11 is 0. The Morgan fingerprint density at radius 1 is 1.10 bits per heavy atom. The third-order valence-corrected chi connectivity index (χ3v) is 7.98. The Morgan fingerprint density at radius 2 is 1.83 bits per heavy atom. The van der Waals surface area contributed by atoms with Gasteiger partial charge >= 0.3 is 0 Å². The van der Waals surface area contributed by atoms with E-state index in [0.717, 1.165) is 25.0 Å². The number of piperidine rings is 1. The fraction of sp³-hybridized carbons (Fsp3) is 0.409. The second kappa shape index (κ2) is 7.88. The quantitative estimate of drug-likeness (QED) is 0.768. The van der Waals surface area contributed by atoms with E-state index in [9.17, 15) is 17.6 Å². The molecule has 2 unspecified atom stereocenters. The van der Waals surface area contributed by atoms with E-state index in [0.29, 0.717) is 19.4 Å². The zero-order valence-electron chi connectivity index (χ0n) is 16.4. The topological polar surface area (TPSA) is 57.7 Å². The Labute approximate surface area is 171 Å². The van der Waals surface area contributed by atoms with Crippen molar-refractivity contribution in [3.63, 3.8) is 0 Å². The fourth-order valence-corrected chi connectivity index (χ4v) is 6.02. The Kier molecular flexibility index (Phi) is 5.44. The minimum Gasteiger partial charge on any atom is -0.338 e. The van der Waals surface area contributed by atoms with Crippen molar-refractivity contribution in [3.8, 4) is 0 Å². The molecule has 0 spiro atoms. The molecule has 1 aliphatic carbocycles. The minimum atomic E-state index is -3.74. The van der Waals surface area contributed by atoms with Gasteiger partial charge in [0, 0.05) is 20.1 Å². The number of carbonyl (C=O) groups excluding carboxylic acids is 1. The normalized spacial score (nSPS) is 22.3. The molecule has 1 fully saturated rings. The molecule has 1 amide bonds. The van der Waals surface area contributed by atoms with Crippen molar-refractivity contribution >= 4 is 15.9 Å². The first-order valence-electron chi connectivity index (χ1n) is 9.98. The van der Waals surface area contributed by atoms with Gasteiger partial charge in [-0.25, -0.2) is 12.8 Å². The number of benzene rings is 2. The summed E-state index contributed by atoms with van der Waals surface area (Å²) in [4.78, 5) is 15.1. The van der Waals surface area contributed by atoms with Gasteiger partial charge < -0.3 is 4.90 Å². The highest BCUT2D eigenvalue weighted by molar-refractivity contribution is 7.89. The number of nitrogens with zero attached hydrogens (tertiary/aromatic N) is 2. The van der Waals surface area contributed by atoms with Crippen molar-refractivity contribution in [1.29, 1.82) is 0 Å². The molecular weight excluding hydrogens is 391 g/mol. The number of hydrogen-bond acceptors (Lipinski definition) is 3. The molecule has 2 aromatic carbocycles. The number of rotatable bonds is 4. The molecule has 4 rings (SSSR count). The summed E-state index contributed by atoms with van der Waals surface area (Å²) in [6, 6.07) is 13.1. The van der Waals surface area contributed by atoms with Crippen LogP contribution in [0.25, 0.3) is 0 Å². The third kappa shape index (κ3) is 3.81. The molecular formula is C22H25FN2O3S. The predicted molar refractivity (Wildman–Crippen MR) is 108 cm³/mol. The lowest BCUT2D eigenvalue weighted by atomic mass is 9.97. The van der Waals surface area contributed by atoms with E-state index in [4.69, 9.17) is 0 Å². The zero-order valence-corrected chi connectivity index (χ0v) is 17.2. The number of halogens is 1. The number of aryl methyl sites for hydroxylation is 1. The van der Waals surface area contributed by atoms with Crippen molar-refractivity contribution < 1.29 is 17.6 Å². The molecule has 29 heavy (non-hydrogen) atoms. The van der Waals surface area contributed by atoms with E-state index in [2.05, 4.69) is 12.1 Å². The molecule has 7 heteroatoms. The number of sulfonamides is 1. The fourth-order valence-electron chi connectivity index (χ4n) is 4.50. The van der Waals surface area contributed by atoms with E-state index in [1.807, 2.05) is 19.2 Å². The monoisotopic (exact) mass is 416 g/mol. The Hall–Kier alpha value is -2.25. The van der Waals surface area contributed by atoms with Crippen LogP contribution in [0.2, 0.25) is 0 Å². The summed E-state index contributed by atoms with van der Waals surface area (Å²) in [6.45, 7) is 0.538. The summed E-state index contributed by atoms with van der Waals surface area (Å²) in [5, 5.41) is 0. The number of amides is 1. The number of carbonyl (C=O) groups is 1. The molecule has 1 saturated heterocycles. The van der Waals surface area contributed by atoms with Crippen LogP contribution in [0.5, 0.6) is 0 Å². The van der Waals surface area contributed by atoms with Crippen molar-refractivity contribution in [2.45, 2.75) is 36.6 Å². The van der Waals surface area contributed by atoms with E-state index in [1.54, 1.807) is 4.90 Å². The van der Waals surface area contributed by atoms with Crippen LogP contribution in [0, 0.1) is 11.7 Å². The lowest BCUT2D eigenvalue weighted by Gasteiger charge is -2.35. The van der Waals surface area contributed by atoms with E-state index >= 15 is 0 Å². The summed E-state index contributed by atoms with van der Waals surface area (Å²) < 4.78 is 40.4. The smallest absolute Gasteiger partial charge is 0.243 e. The molecule has 0 N–H and O–H groups in total. The van der Waals surface area contributed by atoms with Gasteiger partial charge in [0.2, 0.25) is 15.9 Å². The molecule has 0 aromatic heterocycles. The molecule has 0 radical (unpaired) electrons.